The van der Waals surface area contributed by atoms with Crippen LogP contribution in [0.2, 0.25) is 5.28 Å². The fraction of sp³-hybridized carbons (Fsp3) is 0.333. The van der Waals surface area contributed by atoms with Gasteiger partial charge in [-0.2, -0.15) is 15.1 Å². The highest BCUT2D eigenvalue weighted by molar-refractivity contribution is 6.28. The van der Waals surface area contributed by atoms with Gasteiger partial charge >= 0.3 is 0 Å². The van der Waals surface area contributed by atoms with Crippen LogP contribution in [-0.2, 0) is 6.42 Å². The molecular formula is C12H14ClN7. The van der Waals surface area contributed by atoms with E-state index in [4.69, 9.17) is 11.6 Å². The summed E-state index contributed by atoms with van der Waals surface area (Å²) in [6, 6.07) is 0. The van der Waals surface area contributed by atoms with Crippen LogP contribution in [0.4, 0.5) is 5.82 Å². The summed E-state index contributed by atoms with van der Waals surface area (Å²) in [4.78, 5) is 15.3. The third kappa shape index (κ3) is 2.57. The topological polar surface area (TPSA) is 95.2 Å². The Morgan fingerprint density at radius 1 is 1.35 bits per heavy atom. The summed E-state index contributed by atoms with van der Waals surface area (Å²) < 4.78 is 0. The predicted octanol–water partition coefficient (Wildman–Crippen LogP) is 2.08. The largest absolute Gasteiger partial charge is 0.368 e. The fourth-order valence-electron chi connectivity index (χ4n) is 2.05. The number of fused-ring (bicyclic) bond motifs is 1. The molecule has 20 heavy (non-hydrogen) atoms. The third-order valence-corrected chi connectivity index (χ3v) is 3.28. The maximum absolute atomic E-state index is 5.87. The molecule has 8 heteroatoms. The van der Waals surface area contributed by atoms with Crippen LogP contribution in [0, 0.1) is 6.92 Å². The van der Waals surface area contributed by atoms with Crippen LogP contribution in [0.1, 0.15) is 17.7 Å². The number of aryl methyl sites for hydroxylation is 2. The van der Waals surface area contributed by atoms with Crippen molar-refractivity contribution in [2.45, 2.75) is 19.8 Å². The zero-order valence-corrected chi connectivity index (χ0v) is 11.7. The first-order valence-electron chi connectivity index (χ1n) is 6.33. The molecule has 0 radical (unpaired) electrons. The van der Waals surface area contributed by atoms with Crippen LogP contribution in [-0.4, -0.2) is 36.7 Å². The van der Waals surface area contributed by atoms with E-state index in [0.717, 1.165) is 30.6 Å². The summed E-state index contributed by atoms with van der Waals surface area (Å²) in [5.41, 5.74) is 3.69. The van der Waals surface area contributed by atoms with Gasteiger partial charge in [0.15, 0.2) is 11.5 Å². The normalized spacial score (nSPS) is 11.1. The number of imidazole rings is 1. The number of nitrogens with one attached hydrogen (secondary N) is 3. The van der Waals surface area contributed by atoms with Gasteiger partial charge in [-0.25, -0.2) is 4.98 Å². The lowest BCUT2D eigenvalue weighted by molar-refractivity contribution is 0.854. The molecule has 0 saturated carbocycles. The minimum atomic E-state index is 0.192. The van der Waals surface area contributed by atoms with E-state index in [2.05, 4.69) is 35.5 Å². The SMILES string of the molecule is Cc1[nH]ncc1CCCNc1nc(Cl)nc2nc[nH]c12. The molecule has 3 aromatic rings. The molecular weight excluding hydrogens is 278 g/mol. The van der Waals surface area contributed by atoms with E-state index in [9.17, 15) is 0 Å². The van der Waals surface area contributed by atoms with Crippen molar-refractivity contribution in [3.8, 4) is 0 Å². The lowest BCUT2D eigenvalue weighted by Crippen LogP contribution is -2.06. The van der Waals surface area contributed by atoms with E-state index in [1.165, 1.54) is 5.56 Å². The van der Waals surface area contributed by atoms with Crippen LogP contribution in [0.15, 0.2) is 12.5 Å². The van der Waals surface area contributed by atoms with E-state index >= 15 is 0 Å². The van der Waals surface area contributed by atoms with Crippen molar-refractivity contribution in [1.29, 1.82) is 0 Å². The number of hydrogen-bond acceptors (Lipinski definition) is 5. The number of nitrogens with zero attached hydrogens (tertiary/aromatic N) is 4. The number of hydrogen-bond donors (Lipinski definition) is 3. The van der Waals surface area contributed by atoms with Crippen LogP contribution in [0.5, 0.6) is 0 Å². The molecule has 104 valence electrons. The number of rotatable bonds is 5. The quantitative estimate of drug-likeness (QED) is 0.494. The average molecular weight is 292 g/mol. The molecule has 0 aliphatic heterocycles. The van der Waals surface area contributed by atoms with E-state index in [-0.39, 0.29) is 5.28 Å². The molecule has 0 bridgehead atoms. The number of anilines is 1. The maximum Gasteiger partial charge on any atom is 0.226 e. The van der Waals surface area contributed by atoms with E-state index in [0.29, 0.717) is 11.5 Å². The smallest absolute Gasteiger partial charge is 0.226 e. The molecule has 0 atom stereocenters. The molecule has 0 saturated heterocycles. The van der Waals surface area contributed by atoms with Crippen molar-refractivity contribution in [1.82, 2.24) is 30.1 Å². The molecule has 3 aromatic heterocycles. The van der Waals surface area contributed by atoms with Crippen molar-refractivity contribution in [2.24, 2.45) is 0 Å². The van der Waals surface area contributed by atoms with Crippen LogP contribution in [0.25, 0.3) is 11.2 Å². The summed E-state index contributed by atoms with van der Waals surface area (Å²) >= 11 is 5.87. The first kappa shape index (κ1) is 12.9. The van der Waals surface area contributed by atoms with Crippen molar-refractivity contribution in [3.63, 3.8) is 0 Å². The molecule has 3 heterocycles. The monoisotopic (exact) mass is 291 g/mol. The van der Waals surface area contributed by atoms with Crippen LogP contribution >= 0.6 is 11.6 Å². The number of halogens is 1. The Bertz CT molecular complexity index is 717. The summed E-state index contributed by atoms with van der Waals surface area (Å²) in [5.74, 6) is 0.682. The molecule has 3 N–H and O–H groups in total. The van der Waals surface area contributed by atoms with E-state index in [1.54, 1.807) is 6.33 Å². The Balaban J connectivity index is 1.62. The summed E-state index contributed by atoms with van der Waals surface area (Å²) in [7, 11) is 0. The van der Waals surface area contributed by atoms with Gasteiger partial charge < -0.3 is 10.3 Å². The fourth-order valence-corrected chi connectivity index (χ4v) is 2.21. The van der Waals surface area contributed by atoms with E-state index in [1.807, 2.05) is 13.1 Å². The third-order valence-electron chi connectivity index (χ3n) is 3.11. The van der Waals surface area contributed by atoms with Crippen molar-refractivity contribution < 1.29 is 0 Å². The molecule has 7 nitrogen and oxygen atoms in total. The molecule has 0 spiro atoms. The van der Waals surface area contributed by atoms with Gasteiger partial charge in [0.05, 0.1) is 12.5 Å². The van der Waals surface area contributed by atoms with E-state index < -0.39 is 0 Å². The highest BCUT2D eigenvalue weighted by Gasteiger charge is 2.08. The second kappa shape index (κ2) is 5.46. The molecule has 0 unspecified atom stereocenters. The highest BCUT2D eigenvalue weighted by Crippen LogP contribution is 2.18. The maximum atomic E-state index is 5.87. The van der Waals surface area contributed by atoms with Gasteiger partial charge in [-0.05, 0) is 36.9 Å². The average Bonchev–Trinajstić information content (AvgIpc) is 3.03. The molecule has 3 rings (SSSR count). The standard InChI is InChI=1S/C12H14ClN7/c1-7-8(5-17-20-7)3-2-4-14-10-9-11(16-6-15-9)19-12(13)18-10/h5-6H,2-4H2,1H3,(H,17,20)(H2,14,15,16,18,19). The molecule has 0 aliphatic rings. The lowest BCUT2D eigenvalue weighted by atomic mass is 10.1. The Hall–Kier alpha value is -2.15. The summed E-state index contributed by atoms with van der Waals surface area (Å²) in [6.45, 7) is 2.81. The van der Waals surface area contributed by atoms with Crippen molar-refractivity contribution in [3.05, 3.63) is 29.1 Å². The number of aromatic nitrogens is 6. The second-order valence-electron chi connectivity index (χ2n) is 4.49. The molecule has 0 amide bonds. The zero-order chi connectivity index (χ0) is 13.9. The Morgan fingerprint density at radius 2 is 2.25 bits per heavy atom. The Labute approximate surface area is 120 Å². The van der Waals surface area contributed by atoms with Gasteiger partial charge in [-0.3, -0.25) is 5.10 Å². The van der Waals surface area contributed by atoms with Gasteiger partial charge in [-0.1, -0.05) is 0 Å². The molecule has 0 aliphatic carbocycles. The first-order valence-corrected chi connectivity index (χ1v) is 6.71. The van der Waals surface area contributed by atoms with Crippen molar-refractivity contribution >= 4 is 28.6 Å². The minimum Gasteiger partial charge on any atom is -0.368 e. The Morgan fingerprint density at radius 3 is 3.05 bits per heavy atom. The van der Waals surface area contributed by atoms with Gasteiger partial charge in [-0.15, -0.1) is 0 Å². The summed E-state index contributed by atoms with van der Waals surface area (Å²) in [6.07, 6.45) is 5.37. The van der Waals surface area contributed by atoms with Gasteiger partial charge in [0.25, 0.3) is 0 Å². The zero-order valence-electron chi connectivity index (χ0n) is 10.9. The van der Waals surface area contributed by atoms with Gasteiger partial charge in [0, 0.05) is 12.2 Å². The first-order chi connectivity index (χ1) is 9.74. The second-order valence-corrected chi connectivity index (χ2v) is 4.83. The van der Waals surface area contributed by atoms with Gasteiger partial charge in [0.2, 0.25) is 5.28 Å². The molecule has 0 fully saturated rings. The van der Waals surface area contributed by atoms with Crippen LogP contribution in [0.3, 0.4) is 0 Å². The summed E-state index contributed by atoms with van der Waals surface area (Å²) in [5, 5.41) is 10.4. The van der Waals surface area contributed by atoms with Crippen molar-refractivity contribution in [2.75, 3.05) is 11.9 Å². The molecule has 0 aromatic carbocycles. The number of aromatic amines is 2. The lowest BCUT2D eigenvalue weighted by Gasteiger charge is -2.06. The minimum absolute atomic E-state index is 0.192. The number of H-pyrrole nitrogens is 2. The highest BCUT2D eigenvalue weighted by atomic mass is 35.5. The predicted molar refractivity (Wildman–Crippen MR) is 76.8 cm³/mol. The Kier molecular flexibility index (Phi) is 3.51. The van der Waals surface area contributed by atoms with Crippen LogP contribution < -0.4 is 5.32 Å². The van der Waals surface area contributed by atoms with Gasteiger partial charge in [0.1, 0.15) is 5.52 Å².